The van der Waals surface area contributed by atoms with Crippen molar-refractivity contribution in [2.24, 2.45) is 0 Å². The number of anilines is 1. The molecule has 0 aromatic carbocycles. The number of thiophene rings is 1. The normalized spacial score (nSPS) is 14.0. The van der Waals surface area contributed by atoms with Crippen molar-refractivity contribution in [3.63, 3.8) is 0 Å². The van der Waals surface area contributed by atoms with Gasteiger partial charge in [-0.25, -0.2) is 0 Å². The molecule has 0 fully saturated rings. The zero-order valence-corrected chi connectivity index (χ0v) is 13.1. The summed E-state index contributed by atoms with van der Waals surface area (Å²) in [5.74, 6) is 0. The Kier molecular flexibility index (Phi) is 5.32. The predicted molar refractivity (Wildman–Crippen MR) is 87.1 cm³/mol. The van der Waals surface area contributed by atoms with Crippen molar-refractivity contribution in [3.8, 4) is 0 Å². The molecule has 1 aromatic rings. The summed E-state index contributed by atoms with van der Waals surface area (Å²) in [4.78, 5) is 1.57. The van der Waals surface area contributed by atoms with Gasteiger partial charge in [-0.3, -0.25) is 0 Å². The van der Waals surface area contributed by atoms with Crippen molar-refractivity contribution in [1.29, 1.82) is 0 Å². The molecule has 1 heterocycles. The minimum atomic E-state index is 1.04. The highest BCUT2D eigenvalue weighted by Crippen LogP contribution is 2.40. The first kappa shape index (κ1) is 14.4. The third-order valence-corrected chi connectivity index (χ3v) is 5.13. The monoisotopic (exact) mass is 278 g/mol. The van der Waals surface area contributed by atoms with Gasteiger partial charge in [0.05, 0.1) is 5.00 Å². The van der Waals surface area contributed by atoms with E-state index in [0.29, 0.717) is 0 Å². The zero-order chi connectivity index (χ0) is 13.7. The van der Waals surface area contributed by atoms with Gasteiger partial charge in [0.1, 0.15) is 0 Å². The van der Waals surface area contributed by atoms with Crippen molar-refractivity contribution in [1.82, 2.24) is 5.32 Å². The average Bonchev–Trinajstić information content (AvgIpc) is 2.82. The Bertz CT molecular complexity index is 434. The number of hydrogen-bond acceptors (Lipinski definition) is 3. The van der Waals surface area contributed by atoms with E-state index < -0.39 is 0 Å². The second kappa shape index (κ2) is 6.99. The molecule has 106 valence electrons. The van der Waals surface area contributed by atoms with E-state index >= 15 is 0 Å². The number of nitrogens with one attached hydrogen (secondary N) is 2. The van der Waals surface area contributed by atoms with E-state index in [1.165, 1.54) is 55.5 Å². The fraction of sp³-hybridized carbons (Fsp3) is 0.625. The van der Waals surface area contributed by atoms with Gasteiger partial charge in [0.2, 0.25) is 0 Å². The first-order valence-corrected chi connectivity index (χ1v) is 8.35. The van der Waals surface area contributed by atoms with Gasteiger partial charge in [-0.15, -0.1) is 11.3 Å². The number of rotatable bonds is 7. The molecule has 0 unspecified atom stereocenters. The van der Waals surface area contributed by atoms with Gasteiger partial charge < -0.3 is 10.6 Å². The molecule has 0 atom stereocenters. The van der Waals surface area contributed by atoms with E-state index in [2.05, 4.69) is 24.1 Å². The van der Waals surface area contributed by atoms with E-state index in [4.69, 9.17) is 0 Å². The summed E-state index contributed by atoms with van der Waals surface area (Å²) in [6.45, 7) is 7.55. The molecule has 19 heavy (non-hydrogen) atoms. The summed E-state index contributed by atoms with van der Waals surface area (Å²) in [5, 5.41) is 8.16. The van der Waals surface area contributed by atoms with Crippen LogP contribution in [0.2, 0.25) is 0 Å². The van der Waals surface area contributed by atoms with E-state index in [0.717, 1.165) is 12.2 Å². The summed E-state index contributed by atoms with van der Waals surface area (Å²) in [6.07, 6.45) is 8.92. The highest BCUT2D eigenvalue weighted by Gasteiger charge is 2.21. The third-order valence-electron chi connectivity index (χ3n) is 3.82. The smallest absolute Gasteiger partial charge is 0.0980 e. The molecule has 2 nitrogen and oxygen atoms in total. The molecule has 1 aliphatic carbocycles. The lowest BCUT2D eigenvalue weighted by Crippen LogP contribution is -2.15. The number of fused-ring (bicyclic) bond motifs is 1. The molecule has 1 aromatic heterocycles. The van der Waals surface area contributed by atoms with Crippen LogP contribution < -0.4 is 10.6 Å². The third kappa shape index (κ3) is 3.33. The molecule has 0 spiro atoms. The van der Waals surface area contributed by atoms with Crippen LogP contribution in [0.3, 0.4) is 0 Å². The maximum Gasteiger partial charge on any atom is 0.0980 e. The number of unbranched alkanes of at least 4 members (excludes halogenated alkanes) is 2. The number of hydrogen-bond donors (Lipinski definition) is 2. The van der Waals surface area contributed by atoms with Crippen LogP contribution in [0.25, 0.3) is 5.70 Å². The quantitative estimate of drug-likeness (QED) is 0.721. The molecular formula is C16H26N2S. The largest absolute Gasteiger partial charge is 0.385 e. The van der Waals surface area contributed by atoms with Gasteiger partial charge in [-0.2, -0.15) is 0 Å². The topological polar surface area (TPSA) is 24.1 Å². The van der Waals surface area contributed by atoms with Gasteiger partial charge in [0, 0.05) is 29.7 Å². The highest BCUT2D eigenvalue weighted by molar-refractivity contribution is 7.16. The first-order chi connectivity index (χ1) is 9.27. The second-order valence-corrected chi connectivity index (χ2v) is 6.38. The molecular weight excluding hydrogens is 252 g/mol. The van der Waals surface area contributed by atoms with Gasteiger partial charge in [0.15, 0.2) is 0 Å². The predicted octanol–water partition coefficient (Wildman–Crippen LogP) is 4.42. The zero-order valence-electron chi connectivity index (χ0n) is 12.3. The Morgan fingerprint density at radius 3 is 2.79 bits per heavy atom. The lowest BCUT2D eigenvalue weighted by molar-refractivity contribution is 0.684. The molecule has 1 aliphatic rings. The Morgan fingerprint density at radius 2 is 2.05 bits per heavy atom. The first-order valence-electron chi connectivity index (χ1n) is 7.53. The number of aryl methyl sites for hydroxylation is 1. The van der Waals surface area contributed by atoms with E-state index in [1.807, 2.05) is 18.4 Å². The van der Waals surface area contributed by atoms with Crippen LogP contribution in [0.15, 0.2) is 6.58 Å². The maximum atomic E-state index is 4.27. The summed E-state index contributed by atoms with van der Waals surface area (Å²) in [5.41, 5.74) is 4.02. The standard InChI is InChI=1S/C16H26N2S/c1-4-5-8-11-18-12(2)15-13-9-6-7-10-14(13)19-16(15)17-3/h17-18H,2,4-11H2,1,3H3. The van der Waals surface area contributed by atoms with Crippen LogP contribution in [0.5, 0.6) is 0 Å². The van der Waals surface area contributed by atoms with Gasteiger partial charge in [-0.05, 0) is 37.7 Å². The van der Waals surface area contributed by atoms with Crippen LogP contribution in [0, 0.1) is 0 Å². The van der Waals surface area contributed by atoms with E-state index in [9.17, 15) is 0 Å². The molecule has 3 heteroatoms. The van der Waals surface area contributed by atoms with Crippen LogP contribution in [-0.4, -0.2) is 13.6 Å². The van der Waals surface area contributed by atoms with Gasteiger partial charge in [-0.1, -0.05) is 26.3 Å². The molecule has 2 rings (SSSR count). The van der Waals surface area contributed by atoms with Crippen molar-refractivity contribution < 1.29 is 0 Å². The van der Waals surface area contributed by atoms with Crippen LogP contribution in [0.4, 0.5) is 5.00 Å². The molecule has 0 saturated carbocycles. The molecule has 0 saturated heterocycles. The Balaban J connectivity index is 2.09. The summed E-state index contributed by atoms with van der Waals surface area (Å²) >= 11 is 1.92. The fourth-order valence-electron chi connectivity index (χ4n) is 2.76. The second-order valence-electron chi connectivity index (χ2n) is 5.28. The Hall–Kier alpha value is -0.960. The highest BCUT2D eigenvalue weighted by atomic mass is 32.1. The Labute approximate surface area is 121 Å². The van der Waals surface area contributed by atoms with E-state index in [1.54, 1.807) is 10.4 Å². The molecule has 0 amide bonds. The van der Waals surface area contributed by atoms with Crippen LogP contribution in [0.1, 0.15) is 55.0 Å². The van der Waals surface area contributed by atoms with Crippen molar-refractivity contribution in [2.45, 2.75) is 51.9 Å². The molecule has 2 N–H and O–H groups in total. The van der Waals surface area contributed by atoms with Crippen LogP contribution in [-0.2, 0) is 12.8 Å². The fourth-order valence-corrected chi connectivity index (χ4v) is 4.03. The maximum absolute atomic E-state index is 4.27. The van der Waals surface area contributed by atoms with Gasteiger partial charge >= 0.3 is 0 Å². The van der Waals surface area contributed by atoms with Crippen molar-refractivity contribution in [2.75, 3.05) is 18.9 Å². The van der Waals surface area contributed by atoms with Crippen molar-refractivity contribution >= 4 is 22.0 Å². The van der Waals surface area contributed by atoms with E-state index in [-0.39, 0.29) is 0 Å². The SMILES string of the molecule is C=C(NCCCCC)c1c(NC)sc2c1CCCC2. The lowest BCUT2D eigenvalue weighted by atomic mass is 9.94. The summed E-state index contributed by atoms with van der Waals surface area (Å²) in [6, 6.07) is 0. The molecule has 0 aliphatic heterocycles. The molecule has 0 radical (unpaired) electrons. The minimum Gasteiger partial charge on any atom is -0.385 e. The average molecular weight is 278 g/mol. The lowest BCUT2D eigenvalue weighted by Gasteiger charge is -2.16. The summed E-state index contributed by atoms with van der Waals surface area (Å²) in [7, 11) is 2.02. The summed E-state index contributed by atoms with van der Waals surface area (Å²) < 4.78 is 0. The minimum absolute atomic E-state index is 1.04. The van der Waals surface area contributed by atoms with Gasteiger partial charge in [0.25, 0.3) is 0 Å². The van der Waals surface area contributed by atoms with Crippen LogP contribution >= 0.6 is 11.3 Å². The van der Waals surface area contributed by atoms with Crippen molar-refractivity contribution in [3.05, 3.63) is 22.6 Å². The molecule has 0 bridgehead atoms. The Morgan fingerprint density at radius 1 is 1.26 bits per heavy atom.